The van der Waals surface area contributed by atoms with E-state index in [2.05, 4.69) is 0 Å². The van der Waals surface area contributed by atoms with Gasteiger partial charge in [0.25, 0.3) is 6.33 Å². The van der Waals surface area contributed by atoms with Gasteiger partial charge in [0.15, 0.2) is 0 Å². The Morgan fingerprint density at radius 3 is 2.33 bits per heavy atom. The molecule has 0 unspecified atom stereocenters. The second-order valence-corrected chi connectivity index (χ2v) is 4.04. The Morgan fingerprint density at radius 2 is 1.61 bits per heavy atom. The highest BCUT2D eigenvalue weighted by atomic mass is 19.1. The molecule has 0 aliphatic carbocycles. The number of benzene rings is 2. The second kappa shape index (κ2) is 4.45. The molecule has 2 nitrogen and oxygen atoms in total. The molecule has 0 saturated heterocycles. The maximum atomic E-state index is 12.9. The summed E-state index contributed by atoms with van der Waals surface area (Å²) in [4.78, 5) is 0. The number of nitrogens with zero attached hydrogens (tertiary/aromatic N) is 2. The summed E-state index contributed by atoms with van der Waals surface area (Å²) in [5.74, 6) is -0.221. The molecule has 3 heteroatoms. The standard InChI is InChI=1S/C15H12FN2/c16-13-6-8-15(9-7-13)18-11-10-17(12-18)14-4-2-1-3-5-14/h1-12H/q+1. The molecule has 0 saturated carbocycles. The van der Waals surface area contributed by atoms with Crippen LogP contribution in [0.15, 0.2) is 73.3 Å². The van der Waals surface area contributed by atoms with Gasteiger partial charge in [0.2, 0.25) is 0 Å². The molecule has 0 fully saturated rings. The van der Waals surface area contributed by atoms with Crippen molar-refractivity contribution in [2.45, 2.75) is 0 Å². The van der Waals surface area contributed by atoms with E-state index in [-0.39, 0.29) is 5.82 Å². The second-order valence-electron chi connectivity index (χ2n) is 4.04. The Hall–Kier alpha value is -2.42. The van der Waals surface area contributed by atoms with Crippen LogP contribution < -0.4 is 4.57 Å². The van der Waals surface area contributed by atoms with Crippen LogP contribution in [0.3, 0.4) is 0 Å². The van der Waals surface area contributed by atoms with Crippen molar-refractivity contribution in [2.24, 2.45) is 0 Å². The Morgan fingerprint density at radius 1 is 0.889 bits per heavy atom. The van der Waals surface area contributed by atoms with Gasteiger partial charge in [-0.05, 0) is 36.4 Å². The average molecular weight is 239 g/mol. The van der Waals surface area contributed by atoms with Crippen LogP contribution in [-0.2, 0) is 0 Å². The van der Waals surface area contributed by atoms with E-state index >= 15 is 0 Å². The van der Waals surface area contributed by atoms with Crippen molar-refractivity contribution in [1.29, 1.82) is 0 Å². The Balaban J connectivity index is 1.97. The number of hydrogen-bond donors (Lipinski definition) is 0. The van der Waals surface area contributed by atoms with E-state index in [1.54, 1.807) is 12.1 Å². The van der Waals surface area contributed by atoms with Crippen molar-refractivity contribution >= 4 is 0 Å². The van der Waals surface area contributed by atoms with Gasteiger partial charge in [0.1, 0.15) is 29.6 Å². The molecule has 0 spiro atoms. The fraction of sp³-hybridized carbons (Fsp3) is 0. The Bertz CT molecular complexity index is 642. The minimum absolute atomic E-state index is 0.221. The molecule has 1 aromatic heterocycles. The van der Waals surface area contributed by atoms with Crippen molar-refractivity contribution in [3.63, 3.8) is 0 Å². The lowest BCUT2D eigenvalue weighted by atomic mass is 10.3. The van der Waals surface area contributed by atoms with E-state index in [0.717, 1.165) is 11.4 Å². The van der Waals surface area contributed by atoms with Gasteiger partial charge in [-0.25, -0.2) is 13.5 Å². The first-order chi connectivity index (χ1) is 8.83. The van der Waals surface area contributed by atoms with E-state index in [0.29, 0.717) is 0 Å². The van der Waals surface area contributed by atoms with E-state index < -0.39 is 0 Å². The molecule has 0 atom stereocenters. The van der Waals surface area contributed by atoms with E-state index in [9.17, 15) is 4.39 Å². The zero-order chi connectivity index (χ0) is 12.4. The third-order valence-electron chi connectivity index (χ3n) is 2.82. The highest BCUT2D eigenvalue weighted by Crippen LogP contribution is 2.07. The summed E-state index contributed by atoms with van der Waals surface area (Å²) in [5.41, 5.74) is 2.03. The van der Waals surface area contributed by atoms with Crippen molar-refractivity contribution in [2.75, 3.05) is 0 Å². The van der Waals surface area contributed by atoms with Crippen LogP contribution in [0.1, 0.15) is 0 Å². The highest BCUT2D eigenvalue weighted by molar-refractivity contribution is 5.30. The maximum Gasteiger partial charge on any atom is 0.254 e. The number of para-hydroxylation sites is 1. The molecule has 18 heavy (non-hydrogen) atoms. The number of rotatable bonds is 2. The van der Waals surface area contributed by atoms with Gasteiger partial charge in [-0.2, -0.15) is 0 Å². The fourth-order valence-corrected chi connectivity index (χ4v) is 1.87. The largest absolute Gasteiger partial charge is 0.254 e. The minimum Gasteiger partial charge on any atom is -0.207 e. The Labute approximate surface area is 105 Å². The fourth-order valence-electron chi connectivity index (χ4n) is 1.87. The predicted octanol–water partition coefficient (Wildman–Crippen LogP) is 2.89. The van der Waals surface area contributed by atoms with Crippen LogP contribution in [0.25, 0.3) is 11.4 Å². The van der Waals surface area contributed by atoms with Crippen LogP contribution in [-0.4, -0.2) is 4.57 Å². The molecule has 0 aliphatic heterocycles. The molecule has 3 rings (SSSR count). The van der Waals surface area contributed by atoms with Gasteiger partial charge in [-0.1, -0.05) is 18.2 Å². The minimum atomic E-state index is -0.221. The number of imidazole rings is 1. The lowest BCUT2D eigenvalue weighted by molar-refractivity contribution is -0.594. The molecular formula is C15H12FN2+. The summed E-state index contributed by atoms with van der Waals surface area (Å²) >= 11 is 0. The van der Waals surface area contributed by atoms with Gasteiger partial charge in [0, 0.05) is 0 Å². The zero-order valence-electron chi connectivity index (χ0n) is 9.70. The summed E-state index contributed by atoms with van der Waals surface area (Å²) in [6.07, 6.45) is 5.88. The lowest BCUT2D eigenvalue weighted by Crippen LogP contribution is -2.27. The summed E-state index contributed by atoms with van der Waals surface area (Å²) in [7, 11) is 0. The SMILES string of the molecule is Fc1ccc(-[n+]2ccn(-c3ccccc3)c2)cc1. The third-order valence-corrected chi connectivity index (χ3v) is 2.82. The normalized spacial score (nSPS) is 10.5. The smallest absolute Gasteiger partial charge is 0.207 e. The Kier molecular flexibility index (Phi) is 2.65. The van der Waals surface area contributed by atoms with E-state index in [4.69, 9.17) is 0 Å². The number of aromatic nitrogens is 2. The molecule has 0 N–H and O–H groups in total. The van der Waals surface area contributed by atoms with Gasteiger partial charge >= 0.3 is 0 Å². The summed E-state index contributed by atoms with van der Waals surface area (Å²) < 4.78 is 16.8. The van der Waals surface area contributed by atoms with Crippen molar-refractivity contribution in [1.82, 2.24) is 4.57 Å². The van der Waals surface area contributed by atoms with Crippen molar-refractivity contribution in [3.05, 3.63) is 79.1 Å². The summed E-state index contributed by atoms with van der Waals surface area (Å²) in [5, 5.41) is 0. The summed E-state index contributed by atoms with van der Waals surface area (Å²) in [6.45, 7) is 0. The number of hydrogen-bond acceptors (Lipinski definition) is 0. The van der Waals surface area contributed by atoms with Crippen LogP contribution >= 0.6 is 0 Å². The molecule has 88 valence electrons. The van der Waals surface area contributed by atoms with Gasteiger partial charge in [0.05, 0.1) is 0 Å². The average Bonchev–Trinajstić information content (AvgIpc) is 2.90. The zero-order valence-corrected chi connectivity index (χ0v) is 9.70. The maximum absolute atomic E-state index is 12.9. The first-order valence-electron chi connectivity index (χ1n) is 5.73. The van der Waals surface area contributed by atoms with Crippen LogP contribution in [0.5, 0.6) is 0 Å². The first kappa shape index (κ1) is 10.7. The molecule has 1 heterocycles. The van der Waals surface area contributed by atoms with Crippen molar-refractivity contribution in [3.8, 4) is 11.4 Å². The number of halogens is 1. The molecule has 0 aliphatic rings. The van der Waals surface area contributed by atoms with E-state index in [1.165, 1.54) is 12.1 Å². The van der Waals surface area contributed by atoms with E-state index in [1.807, 2.05) is 58.2 Å². The first-order valence-corrected chi connectivity index (χ1v) is 5.73. The molecule has 0 amide bonds. The lowest BCUT2D eigenvalue weighted by Gasteiger charge is -1.95. The van der Waals surface area contributed by atoms with Gasteiger partial charge in [-0.15, -0.1) is 0 Å². The molecule has 2 aromatic carbocycles. The topological polar surface area (TPSA) is 8.81 Å². The van der Waals surface area contributed by atoms with Crippen LogP contribution in [0.4, 0.5) is 4.39 Å². The van der Waals surface area contributed by atoms with Crippen LogP contribution in [0, 0.1) is 5.82 Å². The van der Waals surface area contributed by atoms with Gasteiger partial charge < -0.3 is 0 Å². The molecule has 3 aromatic rings. The monoisotopic (exact) mass is 239 g/mol. The molecule has 0 bridgehead atoms. The van der Waals surface area contributed by atoms with Crippen LogP contribution in [0.2, 0.25) is 0 Å². The van der Waals surface area contributed by atoms with Crippen molar-refractivity contribution < 1.29 is 8.96 Å². The predicted molar refractivity (Wildman–Crippen MR) is 67.3 cm³/mol. The quantitative estimate of drug-likeness (QED) is 0.608. The molecule has 0 radical (unpaired) electrons. The third kappa shape index (κ3) is 2.02. The highest BCUT2D eigenvalue weighted by Gasteiger charge is 2.07. The summed E-state index contributed by atoms with van der Waals surface area (Å²) in [6, 6.07) is 16.5. The van der Waals surface area contributed by atoms with Gasteiger partial charge in [-0.3, -0.25) is 0 Å². The molecular weight excluding hydrogens is 227 g/mol.